The standard InChI is InChI=1S/C26H19N5O/c1-17-21(15-27)25-30-23-12-5-6-13-24(23)31(25)26(32)22(17)16-28-19-10-7-11-20(14-19)29-18-8-3-2-4-9-18/h2-14,16,28-29H,1H3/b22-16-. The summed E-state index contributed by atoms with van der Waals surface area (Å²) in [6.07, 6.45) is 1.66. The van der Waals surface area contributed by atoms with Crippen LogP contribution in [0.5, 0.6) is 0 Å². The van der Waals surface area contributed by atoms with E-state index in [2.05, 4.69) is 21.7 Å². The van der Waals surface area contributed by atoms with Gasteiger partial charge in [0.05, 0.1) is 21.8 Å². The van der Waals surface area contributed by atoms with Crippen LogP contribution >= 0.6 is 0 Å². The molecule has 32 heavy (non-hydrogen) atoms. The second kappa shape index (κ2) is 7.89. The van der Waals surface area contributed by atoms with Crippen LogP contribution in [0.2, 0.25) is 0 Å². The molecule has 0 bridgehead atoms. The van der Waals surface area contributed by atoms with E-state index in [9.17, 15) is 10.1 Å². The number of rotatable bonds is 4. The van der Waals surface area contributed by atoms with E-state index in [-0.39, 0.29) is 5.56 Å². The van der Waals surface area contributed by atoms with Crippen LogP contribution in [-0.2, 0) is 0 Å². The first-order valence-corrected chi connectivity index (χ1v) is 10.2. The number of anilines is 3. The van der Waals surface area contributed by atoms with Crippen LogP contribution < -0.4 is 21.4 Å². The minimum Gasteiger partial charge on any atom is -0.361 e. The van der Waals surface area contributed by atoms with Gasteiger partial charge in [0, 0.05) is 23.3 Å². The minimum absolute atomic E-state index is 0.212. The molecule has 0 radical (unpaired) electrons. The van der Waals surface area contributed by atoms with Crippen molar-refractivity contribution in [3.8, 4) is 6.07 Å². The summed E-state index contributed by atoms with van der Waals surface area (Å²) in [5.41, 5.74) is 5.28. The highest BCUT2D eigenvalue weighted by molar-refractivity contribution is 5.82. The number of nitrogens with one attached hydrogen (secondary N) is 2. The molecule has 0 aliphatic carbocycles. The van der Waals surface area contributed by atoms with E-state index >= 15 is 0 Å². The molecule has 2 aromatic heterocycles. The van der Waals surface area contributed by atoms with Gasteiger partial charge >= 0.3 is 0 Å². The molecule has 2 N–H and O–H groups in total. The predicted octanol–water partition coefficient (Wildman–Crippen LogP) is 4.34. The van der Waals surface area contributed by atoms with E-state index in [1.165, 1.54) is 4.40 Å². The van der Waals surface area contributed by atoms with Crippen LogP contribution in [0.3, 0.4) is 0 Å². The molecule has 0 aliphatic heterocycles. The van der Waals surface area contributed by atoms with E-state index in [0.717, 1.165) is 17.1 Å². The Morgan fingerprint density at radius 2 is 1.66 bits per heavy atom. The zero-order chi connectivity index (χ0) is 22.1. The number of fused-ring (bicyclic) bond motifs is 3. The van der Waals surface area contributed by atoms with Crippen LogP contribution in [-0.4, -0.2) is 9.38 Å². The molecular weight excluding hydrogens is 398 g/mol. The summed E-state index contributed by atoms with van der Waals surface area (Å²) in [5, 5.41) is 16.8. The van der Waals surface area contributed by atoms with Crippen molar-refractivity contribution in [3.63, 3.8) is 0 Å². The van der Waals surface area contributed by atoms with Crippen LogP contribution in [0, 0.1) is 18.3 Å². The molecule has 3 aromatic carbocycles. The van der Waals surface area contributed by atoms with Crippen molar-refractivity contribution in [1.29, 1.82) is 5.26 Å². The summed E-state index contributed by atoms with van der Waals surface area (Å²) in [7, 11) is 0. The molecule has 6 nitrogen and oxygen atoms in total. The Hall–Kier alpha value is -4.63. The second-order valence-electron chi connectivity index (χ2n) is 7.45. The molecule has 0 unspecified atom stereocenters. The Balaban J connectivity index is 1.59. The highest BCUT2D eigenvalue weighted by Gasteiger charge is 2.15. The van der Waals surface area contributed by atoms with Crippen molar-refractivity contribution in [3.05, 3.63) is 106 Å². The summed E-state index contributed by atoms with van der Waals surface area (Å²) in [5.74, 6) is 0. The Labute approximate surface area is 184 Å². The van der Waals surface area contributed by atoms with Gasteiger partial charge in [-0.05, 0) is 55.0 Å². The third kappa shape index (κ3) is 3.32. The van der Waals surface area contributed by atoms with Gasteiger partial charge in [0.2, 0.25) is 0 Å². The maximum Gasteiger partial charge on any atom is 0.265 e. The molecule has 0 amide bonds. The topological polar surface area (TPSA) is 82.2 Å². The molecule has 154 valence electrons. The van der Waals surface area contributed by atoms with Crippen molar-refractivity contribution in [2.75, 3.05) is 10.6 Å². The van der Waals surface area contributed by atoms with E-state index < -0.39 is 0 Å². The second-order valence-corrected chi connectivity index (χ2v) is 7.45. The SMILES string of the molecule is Cc1c(C#N)c2nc3ccccc3n2c(=O)/c1=C\Nc1cccc(Nc2ccccc2)c1. The van der Waals surface area contributed by atoms with E-state index in [1.54, 1.807) is 13.1 Å². The van der Waals surface area contributed by atoms with Gasteiger partial charge in [-0.25, -0.2) is 4.98 Å². The lowest BCUT2D eigenvalue weighted by Crippen LogP contribution is -2.34. The number of nitrogens with zero attached hydrogens (tertiary/aromatic N) is 3. The lowest BCUT2D eigenvalue weighted by molar-refractivity contribution is 1.10. The van der Waals surface area contributed by atoms with Crippen molar-refractivity contribution >= 4 is 39.9 Å². The largest absolute Gasteiger partial charge is 0.361 e. The number of imidazole rings is 1. The summed E-state index contributed by atoms with van der Waals surface area (Å²) >= 11 is 0. The molecule has 0 atom stereocenters. The Kier molecular flexibility index (Phi) is 4.77. The quantitative estimate of drug-likeness (QED) is 0.455. The number of pyridine rings is 1. The predicted molar refractivity (Wildman–Crippen MR) is 128 cm³/mol. The Morgan fingerprint density at radius 3 is 2.47 bits per heavy atom. The highest BCUT2D eigenvalue weighted by Crippen LogP contribution is 2.20. The normalized spacial score (nSPS) is 11.6. The summed E-state index contributed by atoms with van der Waals surface area (Å²) in [6, 6.07) is 27.3. The van der Waals surface area contributed by atoms with Gasteiger partial charge in [-0.2, -0.15) is 5.26 Å². The van der Waals surface area contributed by atoms with Gasteiger partial charge in [0.25, 0.3) is 5.56 Å². The van der Waals surface area contributed by atoms with Crippen molar-refractivity contribution in [1.82, 2.24) is 9.38 Å². The number of para-hydroxylation sites is 3. The molecule has 0 aliphatic rings. The third-order valence-corrected chi connectivity index (χ3v) is 5.42. The molecular formula is C26H19N5O. The van der Waals surface area contributed by atoms with Crippen LogP contribution in [0.1, 0.15) is 11.1 Å². The lowest BCUT2D eigenvalue weighted by atomic mass is 10.1. The fraction of sp³-hybridized carbons (Fsp3) is 0.0385. The van der Waals surface area contributed by atoms with Gasteiger partial charge in [-0.3, -0.25) is 9.20 Å². The summed E-state index contributed by atoms with van der Waals surface area (Å²) in [4.78, 5) is 17.9. The third-order valence-electron chi connectivity index (χ3n) is 5.42. The smallest absolute Gasteiger partial charge is 0.265 e. The fourth-order valence-electron chi connectivity index (χ4n) is 3.82. The van der Waals surface area contributed by atoms with Crippen molar-refractivity contribution in [2.45, 2.75) is 6.92 Å². The van der Waals surface area contributed by atoms with Crippen molar-refractivity contribution < 1.29 is 0 Å². The zero-order valence-corrected chi connectivity index (χ0v) is 17.3. The molecule has 6 heteroatoms. The zero-order valence-electron chi connectivity index (χ0n) is 17.3. The first-order chi connectivity index (χ1) is 15.7. The van der Waals surface area contributed by atoms with Gasteiger partial charge < -0.3 is 10.6 Å². The molecule has 0 saturated heterocycles. The van der Waals surface area contributed by atoms with Gasteiger partial charge in [0.1, 0.15) is 6.07 Å². The average Bonchev–Trinajstić information content (AvgIpc) is 3.20. The van der Waals surface area contributed by atoms with E-state index in [0.29, 0.717) is 33.0 Å². The average molecular weight is 417 g/mol. The van der Waals surface area contributed by atoms with Crippen molar-refractivity contribution in [2.24, 2.45) is 0 Å². The molecule has 2 heterocycles. The van der Waals surface area contributed by atoms with E-state index in [1.807, 2.05) is 78.9 Å². The number of hydrogen-bond acceptors (Lipinski definition) is 5. The van der Waals surface area contributed by atoms with Gasteiger partial charge in [-0.15, -0.1) is 0 Å². The number of hydrogen-bond donors (Lipinski definition) is 2. The summed E-state index contributed by atoms with van der Waals surface area (Å²) in [6.45, 7) is 1.78. The Morgan fingerprint density at radius 1 is 0.938 bits per heavy atom. The molecule has 5 rings (SSSR count). The molecule has 0 saturated carbocycles. The molecule has 0 fully saturated rings. The fourth-order valence-corrected chi connectivity index (χ4v) is 3.82. The van der Waals surface area contributed by atoms with E-state index in [4.69, 9.17) is 0 Å². The van der Waals surface area contributed by atoms with Crippen LogP contribution in [0.25, 0.3) is 22.9 Å². The number of nitriles is 1. The number of aromatic nitrogens is 2. The van der Waals surface area contributed by atoms with Crippen LogP contribution in [0.15, 0.2) is 83.7 Å². The molecule has 0 spiro atoms. The minimum atomic E-state index is -0.212. The maximum absolute atomic E-state index is 13.4. The maximum atomic E-state index is 13.4. The monoisotopic (exact) mass is 417 g/mol. The van der Waals surface area contributed by atoms with Gasteiger partial charge in [0.15, 0.2) is 5.65 Å². The summed E-state index contributed by atoms with van der Waals surface area (Å²) < 4.78 is 1.52. The first kappa shape index (κ1) is 19.3. The van der Waals surface area contributed by atoms with Crippen LogP contribution in [0.4, 0.5) is 17.1 Å². The molecule has 5 aromatic rings. The van der Waals surface area contributed by atoms with Gasteiger partial charge in [-0.1, -0.05) is 36.4 Å². The highest BCUT2D eigenvalue weighted by atomic mass is 16.1. The lowest BCUT2D eigenvalue weighted by Gasteiger charge is -2.09. The number of benzene rings is 3. The Bertz CT molecular complexity index is 1610. The first-order valence-electron chi connectivity index (χ1n) is 10.2.